The van der Waals surface area contributed by atoms with E-state index in [1.807, 2.05) is 0 Å². The van der Waals surface area contributed by atoms with Crippen LogP contribution in [0.2, 0.25) is 0 Å². The van der Waals surface area contributed by atoms with Gasteiger partial charge in [-0.15, -0.1) is 0 Å². The first-order chi connectivity index (χ1) is 15.2. The van der Waals surface area contributed by atoms with Gasteiger partial charge in [-0.25, -0.2) is 0 Å². The number of piperidine rings is 1. The molecule has 4 amide bonds. The first-order valence-electron chi connectivity index (χ1n) is 10.3. The number of nitrogens with zero attached hydrogens (tertiary/aromatic N) is 2. The Hall–Kier alpha value is -3.07. The van der Waals surface area contributed by atoms with Crippen molar-refractivity contribution in [2.75, 3.05) is 13.6 Å². The molecule has 2 fully saturated rings. The number of hydrogen-bond acceptors (Lipinski definition) is 6. The van der Waals surface area contributed by atoms with Gasteiger partial charge in [-0.1, -0.05) is 18.3 Å². The van der Waals surface area contributed by atoms with Crippen LogP contribution in [0.4, 0.5) is 0 Å². The van der Waals surface area contributed by atoms with Gasteiger partial charge in [0, 0.05) is 25.1 Å². The van der Waals surface area contributed by atoms with Crippen molar-refractivity contribution in [2.24, 2.45) is 0 Å². The highest BCUT2D eigenvalue weighted by Crippen LogP contribution is 2.28. The molecule has 3 aliphatic rings. The molecule has 0 bridgehead atoms. The van der Waals surface area contributed by atoms with Crippen molar-refractivity contribution < 1.29 is 27.6 Å². The molecule has 1 aromatic rings. The van der Waals surface area contributed by atoms with Crippen molar-refractivity contribution >= 4 is 33.8 Å². The lowest BCUT2D eigenvalue weighted by molar-refractivity contribution is -0.136. The molecule has 168 valence electrons. The Labute approximate surface area is 185 Å². The number of imide groups is 2. The van der Waals surface area contributed by atoms with Crippen LogP contribution in [0.25, 0.3) is 0 Å². The summed E-state index contributed by atoms with van der Waals surface area (Å²) in [5.41, 5.74) is 0.714. The van der Waals surface area contributed by atoms with Crippen molar-refractivity contribution in [3.8, 4) is 11.8 Å². The summed E-state index contributed by atoms with van der Waals surface area (Å²) < 4.78 is 28.2. The molecule has 1 saturated heterocycles. The van der Waals surface area contributed by atoms with Gasteiger partial charge in [0.15, 0.2) is 0 Å². The molecule has 1 aliphatic carbocycles. The number of nitrogens with one attached hydrogen (secondary N) is 2. The van der Waals surface area contributed by atoms with Gasteiger partial charge in [-0.05, 0) is 37.5 Å². The fourth-order valence-electron chi connectivity index (χ4n) is 3.87. The topological polar surface area (TPSA) is 133 Å². The minimum atomic E-state index is -3.62. The molecule has 11 heteroatoms. The second-order valence-corrected chi connectivity index (χ2v) is 9.75. The average molecular weight is 458 g/mol. The van der Waals surface area contributed by atoms with Crippen molar-refractivity contribution in [2.45, 2.75) is 44.2 Å². The maximum Gasteiger partial charge on any atom is 0.280 e. The zero-order valence-electron chi connectivity index (χ0n) is 17.4. The molecular formula is C21H22N4O6S. The molecule has 0 radical (unpaired) electrons. The maximum absolute atomic E-state index is 12.8. The quantitative estimate of drug-likeness (QED) is 0.462. The lowest BCUT2D eigenvalue weighted by Gasteiger charge is -2.33. The van der Waals surface area contributed by atoms with E-state index in [0.717, 1.165) is 24.2 Å². The van der Waals surface area contributed by atoms with Crippen LogP contribution in [0.3, 0.4) is 0 Å². The first-order valence-corrected chi connectivity index (χ1v) is 11.7. The summed E-state index contributed by atoms with van der Waals surface area (Å²) in [4.78, 5) is 49.8. The zero-order chi connectivity index (χ0) is 23.0. The molecule has 32 heavy (non-hydrogen) atoms. The van der Waals surface area contributed by atoms with Gasteiger partial charge < -0.3 is 0 Å². The molecule has 10 nitrogen and oxygen atoms in total. The van der Waals surface area contributed by atoms with Crippen molar-refractivity contribution in [1.29, 1.82) is 0 Å². The fraction of sp³-hybridized carbons (Fsp3) is 0.429. The summed E-state index contributed by atoms with van der Waals surface area (Å²) in [7, 11) is -2.08. The summed E-state index contributed by atoms with van der Waals surface area (Å²) in [6.07, 6.45) is 2.84. The van der Waals surface area contributed by atoms with Gasteiger partial charge in [0.2, 0.25) is 11.8 Å². The van der Waals surface area contributed by atoms with Crippen LogP contribution >= 0.6 is 0 Å². The molecule has 1 unspecified atom stereocenters. The highest BCUT2D eigenvalue weighted by molar-refractivity contribution is 7.87. The van der Waals surface area contributed by atoms with Crippen LogP contribution in [0.5, 0.6) is 0 Å². The Bertz CT molecular complexity index is 1180. The summed E-state index contributed by atoms with van der Waals surface area (Å²) in [6, 6.07) is 3.45. The van der Waals surface area contributed by atoms with E-state index in [-0.39, 0.29) is 36.6 Å². The van der Waals surface area contributed by atoms with Crippen LogP contribution in [-0.4, -0.2) is 66.9 Å². The van der Waals surface area contributed by atoms with Gasteiger partial charge in [-0.3, -0.25) is 29.4 Å². The molecular weight excluding hydrogens is 436 g/mol. The molecule has 0 spiro atoms. The third-order valence-corrected chi connectivity index (χ3v) is 7.55. The van der Waals surface area contributed by atoms with Gasteiger partial charge in [0.1, 0.15) is 6.04 Å². The first kappa shape index (κ1) is 22.1. The minimum Gasteiger partial charge on any atom is -0.295 e. The highest BCUT2D eigenvalue weighted by atomic mass is 32.2. The number of rotatable bonds is 5. The molecule has 1 saturated carbocycles. The second-order valence-electron chi connectivity index (χ2n) is 7.94. The summed E-state index contributed by atoms with van der Waals surface area (Å²) in [6.45, 7) is -0.105. The van der Waals surface area contributed by atoms with E-state index in [1.165, 1.54) is 23.5 Å². The van der Waals surface area contributed by atoms with Crippen molar-refractivity contribution in [3.05, 3.63) is 34.9 Å². The number of hydrogen-bond donors (Lipinski definition) is 2. The molecule has 2 N–H and O–H groups in total. The second kappa shape index (κ2) is 8.46. The standard InChI is InChI=1S/C21H22N4O6S/c1-24(14-5-2-6-14)32(30,31)22-11-3-4-13-7-8-15-16(12-13)21(29)25(20(15)28)17-9-10-18(26)23-19(17)27/h7-8,12,14,17,22H,2,5-6,9-11H2,1H3,(H,23,26,27). The third-order valence-electron chi connectivity index (χ3n) is 5.98. The van der Waals surface area contributed by atoms with Crippen LogP contribution < -0.4 is 10.0 Å². The zero-order valence-corrected chi connectivity index (χ0v) is 18.2. The Balaban J connectivity index is 1.44. The monoisotopic (exact) mass is 458 g/mol. The lowest BCUT2D eigenvalue weighted by Crippen LogP contribution is -2.54. The number of benzene rings is 1. The Morgan fingerprint density at radius 1 is 1.12 bits per heavy atom. The Morgan fingerprint density at radius 3 is 2.50 bits per heavy atom. The molecule has 2 heterocycles. The largest absolute Gasteiger partial charge is 0.295 e. The van der Waals surface area contributed by atoms with Gasteiger partial charge in [0.25, 0.3) is 22.0 Å². The third kappa shape index (κ3) is 4.04. The number of carbonyl (C=O) groups excluding carboxylic acids is 4. The van der Waals surface area contributed by atoms with E-state index >= 15 is 0 Å². The van der Waals surface area contributed by atoms with E-state index in [0.29, 0.717) is 5.56 Å². The Morgan fingerprint density at radius 2 is 1.84 bits per heavy atom. The SMILES string of the molecule is CN(C1CCC1)S(=O)(=O)NCC#Cc1ccc2c(c1)C(=O)N(C1CCC(=O)NC1=O)C2=O. The smallest absolute Gasteiger partial charge is 0.280 e. The van der Waals surface area contributed by atoms with Crippen LogP contribution in [0.15, 0.2) is 18.2 Å². The van der Waals surface area contributed by atoms with Crippen molar-refractivity contribution in [3.63, 3.8) is 0 Å². The molecule has 1 aromatic carbocycles. The molecule has 2 aliphatic heterocycles. The summed E-state index contributed by atoms with van der Waals surface area (Å²) in [5.74, 6) is 3.18. The van der Waals surface area contributed by atoms with E-state index in [4.69, 9.17) is 0 Å². The van der Waals surface area contributed by atoms with Crippen LogP contribution in [0.1, 0.15) is 58.4 Å². The molecule has 0 aromatic heterocycles. The van der Waals surface area contributed by atoms with E-state index < -0.39 is 39.9 Å². The van der Waals surface area contributed by atoms with Crippen LogP contribution in [-0.2, 0) is 19.8 Å². The minimum absolute atomic E-state index is 0.0213. The number of fused-ring (bicyclic) bond motifs is 1. The maximum atomic E-state index is 12.8. The van der Waals surface area contributed by atoms with E-state index in [9.17, 15) is 27.6 Å². The van der Waals surface area contributed by atoms with Gasteiger partial charge in [-0.2, -0.15) is 17.4 Å². The Kier molecular flexibility index (Phi) is 5.85. The molecule has 1 atom stereocenters. The normalized spacial score (nSPS) is 21.2. The summed E-state index contributed by atoms with van der Waals surface area (Å²) >= 11 is 0. The van der Waals surface area contributed by atoms with Gasteiger partial charge in [0.05, 0.1) is 17.7 Å². The number of carbonyl (C=O) groups is 4. The number of amides is 4. The lowest BCUT2D eigenvalue weighted by atomic mass is 9.94. The summed E-state index contributed by atoms with van der Waals surface area (Å²) in [5, 5.41) is 2.15. The highest BCUT2D eigenvalue weighted by Gasteiger charge is 2.44. The van der Waals surface area contributed by atoms with Gasteiger partial charge >= 0.3 is 0 Å². The predicted molar refractivity (Wildman–Crippen MR) is 112 cm³/mol. The predicted octanol–water partition coefficient (Wildman–Crippen LogP) is -0.242. The van der Waals surface area contributed by atoms with E-state index in [2.05, 4.69) is 21.9 Å². The fourth-order valence-corrected chi connectivity index (χ4v) is 4.93. The van der Waals surface area contributed by atoms with Crippen LogP contribution in [0, 0.1) is 11.8 Å². The van der Waals surface area contributed by atoms with Crippen molar-refractivity contribution in [1.82, 2.24) is 19.2 Å². The molecule has 4 rings (SSSR count). The average Bonchev–Trinajstić information content (AvgIpc) is 2.94. The van der Waals surface area contributed by atoms with E-state index in [1.54, 1.807) is 6.07 Å².